The van der Waals surface area contributed by atoms with Crippen molar-refractivity contribution in [3.8, 4) is 0 Å². The number of nitrogens with one attached hydrogen (secondary N) is 3. The number of nitrogens with two attached hydrogens (primary N) is 1. The van der Waals surface area contributed by atoms with Gasteiger partial charge in [0, 0.05) is 49.8 Å². The highest BCUT2D eigenvalue weighted by atomic mass is 19.1. The maximum absolute atomic E-state index is 13.5. The van der Waals surface area contributed by atoms with E-state index in [-0.39, 0.29) is 11.7 Å². The molecule has 1 aliphatic rings. The molecule has 3 rings (SSSR count). The van der Waals surface area contributed by atoms with Crippen molar-refractivity contribution in [3.63, 3.8) is 0 Å². The Labute approximate surface area is 158 Å². The number of H-pyrrole nitrogens is 1. The smallest absolute Gasteiger partial charge is 0.231 e. The molecule has 0 bridgehead atoms. The molecule has 146 valence electrons. The fraction of sp³-hybridized carbons (Fsp3) is 0.474. The monoisotopic (exact) mass is 374 g/mol. The normalized spacial score (nSPS) is 16.6. The first kappa shape index (κ1) is 19.2. The molecule has 5 N–H and O–H groups in total. The van der Waals surface area contributed by atoms with Gasteiger partial charge in [0.1, 0.15) is 5.82 Å². The molecule has 0 spiro atoms. The minimum atomic E-state index is -0.281. The molecule has 1 aromatic heterocycles. The topological polar surface area (TPSA) is 98.5 Å². The fourth-order valence-electron chi connectivity index (χ4n) is 3.52. The number of rotatable bonds is 6. The molecule has 1 aromatic carbocycles. The number of aromatic amines is 1. The number of carbonyl (C=O) groups excluding carboxylic acids is 1. The van der Waals surface area contributed by atoms with E-state index in [2.05, 4.69) is 25.5 Å². The van der Waals surface area contributed by atoms with Crippen molar-refractivity contribution in [2.45, 2.75) is 25.3 Å². The van der Waals surface area contributed by atoms with Crippen LogP contribution in [0.2, 0.25) is 0 Å². The number of fused-ring (bicyclic) bond motifs is 1. The molecule has 0 unspecified atom stereocenters. The van der Waals surface area contributed by atoms with Crippen LogP contribution in [0.25, 0.3) is 10.9 Å². The van der Waals surface area contributed by atoms with Crippen LogP contribution < -0.4 is 16.4 Å². The summed E-state index contributed by atoms with van der Waals surface area (Å²) in [4.78, 5) is 20.5. The fourth-order valence-corrected chi connectivity index (χ4v) is 3.52. The van der Waals surface area contributed by atoms with Crippen LogP contribution in [-0.4, -0.2) is 61.0 Å². The Balaban J connectivity index is 1.45. The summed E-state index contributed by atoms with van der Waals surface area (Å²) in [5.74, 6) is 0.252. The number of hydrogen-bond acceptors (Lipinski definition) is 3. The van der Waals surface area contributed by atoms with E-state index in [1.165, 1.54) is 6.07 Å². The quantitative estimate of drug-likeness (QED) is 0.447. The van der Waals surface area contributed by atoms with Gasteiger partial charge in [-0.25, -0.2) is 4.39 Å². The number of benzene rings is 1. The van der Waals surface area contributed by atoms with E-state index >= 15 is 0 Å². The molecule has 27 heavy (non-hydrogen) atoms. The van der Waals surface area contributed by atoms with Gasteiger partial charge in [0.25, 0.3) is 0 Å². The number of aliphatic imine (C=N–C) groups is 1. The van der Waals surface area contributed by atoms with Crippen molar-refractivity contribution in [2.24, 2.45) is 10.7 Å². The van der Waals surface area contributed by atoms with E-state index in [0.717, 1.165) is 54.8 Å². The van der Waals surface area contributed by atoms with Crippen molar-refractivity contribution < 1.29 is 9.18 Å². The van der Waals surface area contributed by atoms with Crippen molar-refractivity contribution in [2.75, 3.05) is 33.2 Å². The van der Waals surface area contributed by atoms with Crippen molar-refractivity contribution in [1.29, 1.82) is 0 Å². The highest BCUT2D eigenvalue weighted by Gasteiger charge is 2.20. The minimum absolute atomic E-state index is 0.225. The lowest BCUT2D eigenvalue weighted by Crippen LogP contribution is -2.50. The molecule has 0 saturated carbocycles. The largest absolute Gasteiger partial charge is 0.369 e. The summed E-state index contributed by atoms with van der Waals surface area (Å²) >= 11 is 0. The molecular formula is C19H27FN6O. The SMILES string of the molecule is CN=C(NCCc1c[nH]c2ccc(F)cc12)NC1CCN(CC(N)=O)CC1. The number of amides is 1. The molecular weight excluding hydrogens is 347 g/mol. The van der Waals surface area contributed by atoms with Gasteiger partial charge in [0.05, 0.1) is 6.54 Å². The van der Waals surface area contributed by atoms with E-state index in [1.54, 1.807) is 19.2 Å². The summed E-state index contributed by atoms with van der Waals surface area (Å²) in [5.41, 5.74) is 7.27. The first-order valence-electron chi connectivity index (χ1n) is 9.28. The van der Waals surface area contributed by atoms with Crippen molar-refractivity contribution >= 4 is 22.8 Å². The number of aromatic nitrogens is 1. The molecule has 0 aliphatic carbocycles. The van der Waals surface area contributed by atoms with Gasteiger partial charge in [-0.2, -0.15) is 0 Å². The number of piperidine rings is 1. The Hall–Kier alpha value is -2.61. The predicted octanol–water partition coefficient (Wildman–Crippen LogP) is 0.964. The highest BCUT2D eigenvalue weighted by Crippen LogP contribution is 2.19. The third-order valence-corrected chi connectivity index (χ3v) is 4.95. The van der Waals surface area contributed by atoms with Crippen LogP contribution in [0.5, 0.6) is 0 Å². The van der Waals surface area contributed by atoms with Crippen molar-refractivity contribution in [3.05, 3.63) is 35.8 Å². The molecule has 1 aliphatic heterocycles. The third kappa shape index (κ3) is 5.19. The highest BCUT2D eigenvalue weighted by molar-refractivity contribution is 5.83. The summed E-state index contributed by atoms with van der Waals surface area (Å²) in [5, 5.41) is 7.67. The van der Waals surface area contributed by atoms with Gasteiger partial charge in [0.2, 0.25) is 5.91 Å². The molecule has 1 amide bonds. The molecule has 7 nitrogen and oxygen atoms in total. The van der Waals surface area contributed by atoms with Crippen molar-refractivity contribution in [1.82, 2.24) is 20.5 Å². The van der Waals surface area contributed by atoms with E-state index in [0.29, 0.717) is 19.1 Å². The molecule has 2 aromatic rings. The van der Waals surface area contributed by atoms with Crippen LogP contribution in [0, 0.1) is 5.82 Å². The first-order chi connectivity index (χ1) is 13.0. The average molecular weight is 374 g/mol. The number of primary amides is 1. The molecule has 1 fully saturated rings. The summed E-state index contributed by atoms with van der Waals surface area (Å²) in [6.07, 6.45) is 4.57. The van der Waals surface area contributed by atoms with E-state index < -0.39 is 0 Å². The third-order valence-electron chi connectivity index (χ3n) is 4.95. The van der Waals surface area contributed by atoms with E-state index in [1.807, 2.05) is 6.20 Å². The zero-order valence-corrected chi connectivity index (χ0v) is 15.6. The minimum Gasteiger partial charge on any atom is -0.369 e. The van der Waals surface area contributed by atoms with Gasteiger partial charge in [0.15, 0.2) is 5.96 Å². The summed E-state index contributed by atoms with van der Waals surface area (Å²) in [6.45, 7) is 2.71. The van der Waals surface area contributed by atoms with Crippen LogP contribution in [0.3, 0.4) is 0 Å². The maximum atomic E-state index is 13.5. The lowest BCUT2D eigenvalue weighted by molar-refractivity contribution is -0.119. The Kier molecular flexibility index (Phi) is 6.28. The van der Waals surface area contributed by atoms with Crippen LogP contribution in [0.1, 0.15) is 18.4 Å². The molecule has 1 saturated heterocycles. The zero-order valence-electron chi connectivity index (χ0n) is 15.6. The van der Waals surface area contributed by atoms with Crippen LogP contribution in [-0.2, 0) is 11.2 Å². The number of carbonyl (C=O) groups is 1. The van der Waals surface area contributed by atoms with Crippen LogP contribution >= 0.6 is 0 Å². The summed E-state index contributed by atoms with van der Waals surface area (Å²) in [7, 11) is 1.75. The first-order valence-corrected chi connectivity index (χ1v) is 9.28. The Morgan fingerprint density at radius 3 is 2.89 bits per heavy atom. The van der Waals surface area contributed by atoms with Gasteiger partial charge in [-0.15, -0.1) is 0 Å². The second kappa shape index (κ2) is 8.85. The molecule has 8 heteroatoms. The molecule has 0 atom stereocenters. The van der Waals surface area contributed by atoms with E-state index in [9.17, 15) is 9.18 Å². The van der Waals surface area contributed by atoms with E-state index in [4.69, 9.17) is 5.73 Å². The van der Waals surface area contributed by atoms with Gasteiger partial charge in [-0.05, 0) is 43.0 Å². The van der Waals surface area contributed by atoms with Gasteiger partial charge >= 0.3 is 0 Å². The lowest BCUT2D eigenvalue weighted by atomic mass is 10.1. The number of halogens is 1. The maximum Gasteiger partial charge on any atom is 0.231 e. The number of nitrogens with zero attached hydrogens (tertiary/aromatic N) is 2. The Bertz CT molecular complexity index is 810. The second-order valence-electron chi connectivity index (χ2n) is 6.91. The number of guanidine groups is 1. The summed E-state index contributed by atoms with van der Waals surface area (Å²) in [6, 6.07) is 5.10. The van der Waals surface area contributed by atoms with Gasteiger partial charge < -0.3 is 21.4 Å². The second-order valence-corrected chi connectivity index (χ2v) is 6.91. The lowest BCUT2D eigenvalue weighted by Gasteiger charge is -2.32. The van der Waals surface area contributed by atoms with Gasteiger partial charge in [-0.1, -0.05) is 0 Å². The average Bonchev–Trinajstić information content (AvgIpc) is 3.04. The Morgan fingerprint density at radius 1 is 1.41 bits per heavy atom. The van der Waals surface area contributed by atoms with Crippen LogP contribution in [0.4, 0.5) is 4.39 Å². The predicted molar refractivity (Wildman–Crippen MR) is 105 cm³/mol. The standard InChI is InChI=1S/C19H27FN6O/c1-22-19(25-15-5-8-26(9-6-15)12-18(21)27)23-7-4-13-11-24-17-3-2-14(20)10-16(13)17/h2-3,10-11,15,24H,4-9,12H2,1H3,(H2,21,27)(H2,22,23,25). The molecule has 0 radical (unpaired) electrons. The number of likely N-dealkylation sites (tertiary alicyclic amines) is 1. The summed E-state index contributed by atoms with van der Waals surface area (Å²) < 4.78 is 13.5. The zero-order chi connectivity index (χ0) is 19.2. The number of hydrogen-bond donors (Lipinski definition) is 4. The molecule has 2 heterocycles. The van der Waals surface area contributed by atoms with Gasteiger partial charge in [-0.3, -0.25) is 14.7 Å². The van der Waals surface area contributed by atoms with Crippen LogP contribution in [0.15, 0.2) is 29.4 Å². The Morgan fingerprint density at radius 2 is 2.19 bits per heavy atom.